The first kappa shape index (κ1) is 19.2. The summed E-state index contributed by atoms with van der Waals surface area (Å²) >= 11 is 0. The van der Waals surface area contributed by atoms with Gasteiger partial charge in [0.25, 0.3) is 0 Å². The van der Waals surface area contributed by atoms with Crippen molar-refractivity contribution < 1.29 is 26.0 Å². The van der Waals surface area contributed by atoms with Gasteiger partial charge in [-0.2, -0.15) is 0 Å². The number of amides is 1. The van der Waals surface area contributed by atoms with Gasteiger partial charge >= 0.3 is 0 Å². The van der Waals surface area contributed by atoms with Crippen LogP contribution < -0.4 is 5.73 Å². The third-order valence-corrected chi connectivity index (χ3v) is 9.35. The largest absolute Gasteiger partial charge is 0.369 e. The Bertz CT molecular complexity index is 891. The molecule has 0 saturated carbocycles. The van der Waals surface area contributed by atoms with Gasteiger partial charge in [0, 0.05) is 12.0 Å². The molecule has 0 aliphatic carbocycles. The van der Waals surface area contributed by atoms with Crippen molar-refractivity contribution in [2.45, 2.75) is 29.0 Å². The van der Waals surface area contributed by atoms with Crippen LogP contribution in [-0.4, -0.2) is 63.5 Å². The minimum Gasteiger partial charge on any atom is -0.369 e. The number of piperidine rings is 1. The summed E-state index contributed by atoms with van der Waals surface area (Å²) in [7, 11) is -7.44. The number of nitrogens with two attached hydrogens (primary N) is 1. The molecular formula is C16H21FN2O5S2. The molecule has 2 fully saturated rings. The van der Waals surface area contributed by atoms with E-state index in [2.05, 4.69) is 0 Å². The lowest BCUT2D eigenvalue weighted by atomic mass is 9.95. The number of hydrogen-bond acceptors (Lipinski definition) is 6. The summed E-state index contributed by atoms with van der Waals surface area (Å²) < 4.78 is 63.4. The van der Waals surface area contributed by atoms with Crippen molar-refractivity contribution in [3.05, 3.63) is 30.1 Å². The summed E-state index contributed by atoms with van der Waals surface area (Å²) in [5.41, 5.74) is 5.31. The number of nitrogens with zero attached hydrogens (tertiary/aromatic N) is 1. The highest BCUT2D eigenvalue weighted by Crippen LogP contribution is 2.31. The number of primary amides is 1. The fourth-order valence-electron chi connectivity index (χ4n) is 3.75. The van der Waals surface area contributed by atoms with E-state index < -0.39 is 42.5 Å². The second-order valence-corrected chi connectivity index (χ2v) is 11.2. The predicted octanol–water partition coefficient (Wildman–Crippen LogP) is -0.0377. The minimum absolute atomic E-state index is 0.0852. The standard InChI is InChI=1S/C16H21FN2O5S2/c17-12-1-3-13(4-2-12)26(23,24)15-10-25(21,22)9-14(15)19-7-5-11(6-8-19)16(18)20/h1-4,11,14-15H,5-10H2,(H2,18,20). The molecule has 2 aliphatic rings. The lowest BCUT2D eigenvalue weighted by Gasteiger charge is -2.36. The average molecular weight is 404 g/mol. The lowest BCUT2D eigenvalue weighted by molar-refractivity contribution is -0.123. The highest BCUT2D eigenvalue weighted by molar-refractivity contribution is 7.96. The van der Waals surface area contributed by atoms with Gasteiger partial charge in [0.05, 0.1) is 21.7 Å². The van der Waals surface area contributed by atoms with Crippen molar-refractivity contribution >= 4 is 25.6 Å². The molecule has 3 rings (SSSR count). The third-order valence-electron chi connectivity index (χ3n) is 5.21. The van der Waals surface area contributed by atoms with Crippen LogP contribution in [0.2, 0.25) is 0 Å². The molecule has 2 heterocycles. The monoisotopic (exact) mass is 404 g/mol. The Balaban J connectivity index is 1.87. The van der Waals surface area contributed by atoms with E-state index in [1.807, 2.05) is 4.90 Å². The third kappa shape index (κ3) is 3.77. The Labute approximate surface area is 152 Å². The quantitative estimate of drug-likeness (QED) is 0.705. The SMILES string of the molecule is NC(=O)C1CCN(C2CS(=O)(=O)CC2S(=O)(=O)c2ccc(F)cc2)CC1. The van der Waals surface area contributed by atoms with Crippen molar-refractivity contribution in [1.29, 1.82) is 0 Å². The molecule has 2 saturated heterocycles. The predicted molar refractivity (Wildman–Crippen MR) is 93.3 cm³/mol. The van der Waals surface area contributed by atoms with E-state index in [-0.39, 0.29) is 22.5 Å². The van der Waals surface area contributed by atoms with E-state index in [0.717, 1.165) is 24.3 Å². The highest BCUT2D eigenvalue weighted by atomic mass is 32.2. The zero-order chi connectivity index (χ0) is 19.1. The van der Waals surface area contributed by atoms with Gasteiger partial charge in [-0.05, 0) is 50.2 Å². The molecule has 1 aromatic carbocycles. The molecule has 1 aromatic rings. The summed E-state index contributed by atoms with van der Waals surface area (Å²) in [5.74, 6) is -1.91. The van der Waals surface area contributed by atoms with Crippen molar-refractivity contribution in [3.8, 4) is 0 Å². The van der Waals surface area contributed by atoms with E-state index in [4.69, 9.17) is 5.73 Å². The summed E-state index contributed by atoms with van der Waals surface area (Å²) in [5, 5.41) is -1.11. The van der Waals surface area contributed by atoms with Gasteiger partial charge in [0.2, 0.25) is 5.91 Å². The molecule has 2 atom stereocenters. The van der Waals surface area contributed by atoms with Crippen molar-refractivity contribution in [2.24, 2.45) is 11.7 Å². The van der Waals surface area contributed by atoms with Crippen LogP contribution in [0.5, 0.6) is 0 Å². The second kappa shape index (κ2) is 6.90. The molecule has 0 bridgehead atoms. The van der Waals surface area contributed by atoms with Crippen molar-refractivity contribution in [3.63, 3.8) is 0 Å². The van der Waals surface area contributed by atoms with Gasteiger partial charge in [-0.25, -0.2) is 21.2 Å². The molecule has 144 valence electrons. The summed E-state index contributed by atoms with van der Waals surface area (Å²) in [4.78, 5) is 13.0. The molecule has 10 heteroatoms. The van der Waals surface area contributed by atoms with Gasteiger partial charge in [-0.3, -0.25) is 9.69 Å². The van der Waals surface area contributed by atoms with Gasteiger partial charge in [-0.15, -0.1) is 0 Å². The number of benzene rings is 1. The van der Waals surface area contributed by atoms with Crippen molar-refractivity contribution in [1.82, 2.24) is 4.90 Å². The second-order valence-electron chi connectivity index (χ2n) is 6.89. The topological polar surface area (TPSA) is 115 Å². The zero-order valence-electron chi connectivity index (χ0n) is 14.0. The molecule has 2 unspecified atom stereocenters. The van der Waals surface area contributed by atoms with Crippen LogP contribution >= 0.6 is 0 Å². The summed E-state index contributed by atoms with van der Waals surface area (Å²) in [6.07, 6.45) is 0.963. The normalized spacial score (nSPS) is 27.4. The number of rotatable bonds is 4. The first-order valence-corrected chi connectivity index (χ1v) is 11.7. The number of likely N-dealkylation sites (tertiary alicyclic amines) is 1. The minimum atomic E-state index is -3.93. The summed E-state index contributed by atoms with van der Waals surface area (Å²) in [6.45, 7) is 0.840. The maximum absolute atomic E-state index is 13.1. The Hall–Kier alpha value is -1.52. The van der Waals surface area contributed by atoms with Gasteiger partial charge in [0.15, 0.2) is 19.7 Å². The fourth-order valence-corrected chi connectivity index (χ4v) is 8.58. The molecule has 26 heavy (non-hydrogen) atoms. The molecular weight excluding hydrogens is 383 g/mol. The molecule has 0 aromatic heterocycles. The Morgan fingerprint density at radius 1 is 1.12 bits per heavy atom. The molecule has 0 radical (unpaired) electrons. The van der Waals surface area contributed by atoms with Gasteiger partial charge in [0.1, 0.15) is 5.82 Å². The molecule has 2 aliphatic heterocycles. The number of halogens is 1. The number of sulfone groups is 2. The van der Waals surface area contributed by atoms with E-state index in [1.165, 1.54) is 0 Å². The Morgan fingerprint density at radius 3 is 2.23 bits per heavy atom. The van der Waals surface area contributed by atoms with E-state index in [1.54, 1.807) is 0 Å². The highest BCUT2D eigenvalue weighted by Gasteiger charge is 2.48. The van der Waals surface area contributed by atoms with Gasteiger partial charge < -0.3 is 5.73 Å². The van der Waals surface area contributed by atoms with E-state index in [0.29, 0.717) is 25.9 Å². The van der Waals surface area contributed by atoms with Crippen LogP contribution in [0.1, 0.15) is 12.8 Å². The molecule has 0 spiro atoms. The van der Waals surface area contributed by atoms with Crippen LogP contribution in [0.25, 0.3) is 0 Å². The number of carbonyl (C=O) groups excluding carboxylic acids is 1. The maximum Gasteiger partial charge on any atom is 0.220 e. The van der Waals surface area contributed by atoms with Crippen LogP contribution in [0.3, 0.4) is 0 Å². The van der Waals surface area contributed by atoms with E-state index >= 15 is 0 Å². The van der Waals surface area contributed by atoms with Crippen LogP contribution in [0.4, 0.5) is 4.39 Å². The van der Waals surface area contributed by atoms with Crippen LogP contribution in [0.15, 0.2) is 29.2 Å². The van der Waals surface area contributed by atoms with Crippen molar-refractivity contribution in [2.75, 3.05) is 24.6 Å². The Morgan fingerprint density at radius 2 is 1.69 bits per heavy atom. The first-order valence-electron chi connectivity index (χ1n) is 8.33. The average Bonchev–Trinajstić information content (AvgIpc) is 2.92. The molecule has 2 N–H and O–H groups in total. The lowest BCUT2D eigenvalue weighted by Crippen LogP contribution is -2.50. The van der Waals surface area contributed by atoms with Crippen LogP contribution in [0, 0.1) is 11.7 Å². The van der Waals surface area contributed by atoms with E-state index in [9.17, 15) is 26.0 Å². The van der Waals surface area contributed by atoms with Crippen LogP contribution in [-0.2, 0) is 24.5 Å². The maximum atomic E-state index is 13.1. The smallest absolute Gasteiger partial charge is 0.220 e. The Kier molecular flexibility index (Phi) is 5.11. The first-order chi connectivity index (χ1) is 12.1. The fraction of sp³-hybridized carbons (Fsp3) is 0.562. The number of hydrogen-bond donors (Lipinski definition) is 1. The molecule has 1 amide bonds. The number of carbonyl (C=O) groups is 1. The van der Waals surface area contributed by atoms with Gasteiger partial charge in [-0.1, -0.05) is 0 Å². The zero-order valence-corrected chi connectivity index (χ0v) is 15.7. The molecule has 7 nitrogen and oxygen atoms in total. The summed E-state index contributed by atoms with van der Waals surface area (Å²) in [6, 6.07) is 3.73.